The highest BCUT2D eigenvalue weighted by molar-refractivity contribution is 5.96. The molecule has 7 nitrogen and oxygen atoms in total. The lowest BCUT2D eigenvalue weighted by Crippen LogP contribution is -2.43. The van der Waals surface area contributed by atoms with E-state index in [0.29, 0.717) is 30.9 Å². The molecular formula is C22H26N2O5. The topological polar surface area (TPSA) is 77.1 Å². The molecule has 0 aliphatic carbocycles. The molecule has 1 atom stereocenters. The maximum atomic E-state index is 12.6. The van der Waals surface area contributed by atoms with Gasteiger partial charge in [-0.2, -0.15) is 0 Å². The lowest BCUT2D eigenvalue weighted by atomic mass is 10.0. The van der Waals surface area contributed by atoms with Gasteiger partial charge in [-0.05, 0) is 42.0 Å². The Morgan fingerprint density at radius 3 is 2.21 bits per heavy atom. The van der Waals surface area contributed by atoms with Gasteiger partial charge in [0.1, 0.15) is 5.75 Å². The van der Waals surface area contributed by atoms with Crippen LogP contribution in [-0.4, -0.2) is 63.8 Å². The van der Waals surface area contributed by atoms with Gasteiger partial charge in [0.05, 0.1) is 39.0 Å². The molecule has 0 radical (unpaired) electrons. The number of methoxy groups -OCH3 is 2. The highest BCUT2D eigenvalue weighted by Gasteiger charge is 2.23. The van der Waals surface area contributed by atoms with E-state index in [1.807, 2.05) is 24.3 Å². The number of hydrogen-bond acceptors (Lipinski definition) is 6. The molecular weight excluding hydrogens is 372 g/mol. The van der Waals surface area contributed by atoms with Crippen LogP contribution in [0.3, 0.4) is 0 Å². The number of nitrogens with one attached hydrogen (secondary N) is 1. The van der Waals surface area contributed by atoms with Crippen molar-refractivity contribution >= 4 is 11.9 Å². The first-order chi connectivity index (χ1) is 14.1. The van der Waals surface area contributed by atoms with Gasteiger partial charge in [-0.3, -0.25) is 9.69 Å². The highest BCUT2D eigenvalue weighted by Crippen LogP contribution is 2.24. The Morgan fingerprint density at radius 2 is 1.62 bits per heavy atom. The quantitative estimate of drug-likeness (QED) is 0.721. The van der Waals surface area contributed by atoms with Crippen molar-refractivity contribution in [2.75, 3.05) is 47.1 Å². The molecule has 0 bridgehead atoms. The molecule has 7 heteroatoms. The smallest absolute Gasteiger partial charge is 0.337 e. The molecule has 1 unspecified atom stereocenters. The van der Waals surface area contributed by atoms with Gasteiger partial charge < -0.3 is 19.5 Å². The zero-order valence-electron chi connectivity index (χ0n) is 16.7. The Balaban J connectivity index is 1.70. The number of nitrogens with zero attached hydrogens (tertiary/aromatic N) is 1. The van der Waals surface area contributed by atoms with Crippen LogP contribution in [0, 0.1) is 0 Å². The van der Waals surface area contributed by atoms with E-state index < -0.39 is 5.97 Å². The number of rotatable bonds is 7. The summed E-state index contributed by atoms with van der Waals surface area (Å²) in [5.41, 5.74) is 2.01. The van der Waals surface area contributed by atoms with Crippen LogP contribution in [0.25, 0.3) is 0 Å². The first kappa shape index (κ1) is 20.8. The molecule has 3 rings (SSSR count). The average Bonchev–Trinajstić information content (AvgIpc) is 2.79. The monoisotopic (exact) mass is 398 g/mol. The van der Waals surface area contributed by atoms with Gasteiger partial charge in [0.2, 0.25) is 0 Å². The molecule has 29 heavy (non-hydrogen) atoms. The Bertz CT molecular complexity index is 814. The van der Waals surface area contributed by atoms with Crippen molar-refractivity contribution < 1.29 is 23.8 Å². The molecule has 0 saturated carbocycles. The second-order valence-electron chi connectivity index (χ2n) is 6.72. The molecule has 1 saturated heterocycles. The van der Waals surface area contributed by atoms with Crippen LogP contribution < -0.4 is 10.1 Å². The van der Waals surface area contributed by atoms with Gasteiger partial charge in [0.15, 0.2) is 0 Å². The molecule has 1 N–H and O–H groups in total. The standard InChI is InChI=1S/C22H26N2O5/c1-27-19-9-7-16(8-10-19)20(24-11-13-29-14-12-24)15-23-21(25)17-3-5-18(6-4-17)22(26)28-2/h3-10,20H,11-15H2,1-2H3,(H,23,25). The first-order valence-corrected chi connectivity index (χ1v) is 9.54. The van der Waals surface area contributed by atoms with Crippen LogP contribution in [0.15, 0.2) is 48.5 Å². The van der Waals surface area contributed by atoms with Gasteiger partial charge in [-0.25, -0.2) is 4.79 Å². The van der Waals surface area contributed by atoms with Crippen molar-refractivity contribution in [1.29, 1.82) is 0 Å². The van der Waals surface area contributed by atoms with E-state index in [1.165, 1.54) is 7.11 Å². The normalized spacial score (nSPS) is 15.4. The van der Waals surface area contributed by atoms with E-state index in [9.17, 15) is 9.59 Å². The predicted molar refractivity (Wildman–Crippen MR) is 108 cm³/mol. The fourth-order valence-electron chi connectivity index (χ4n) is 3.34. The first-order valence-electron chi connectivity index (χ1n) is 9.54. The summed E-state index contributed by atoms with van der Waals surface area (Å²) < 4.78 is 15.4. The predicted octanol–water partition coefficient (Wildman–Crippen LogP) is 2.29. The number of benzene rings is 2. The third-order valence-corrected chi connectivity index (χ3v) is 5.01. The number of ether oxygens (including phenoxy) is 3. The third kappa shape index (κ3) is 5.34. The number of esters is 1. The second-order valence-corrected chi connectivity index (χ2v) is 6.72. The van der Waals surface area contributed by atoms with Crippen LogP contribution in [0.1, 0.15) is 32.3 Å². The third-order valence-electron chi connectivity index (χ3n) is 5.01. The summed E-state index contributed by atoms with van der Waals surface area (Å²) in [4.78, 5) is 26.5. The second kappa shape index (κ2) is 10.0. The molecule has 0 aromatic heterocycles. The van der Waals surface area contributed by atoms with Gasteiger partial charge >= 0.3 is 5.97 Å². The lowest BCUT2D eigenvalue weighted by molar-refractivity contribution is 0.0162. The lowest BCUT2D eigenvalue weighted by Gasteiger charge is -2.35. The SMILES string of the molecule is COC(=O)c1ccc(C(=O)NCC(c2ccc(OC)cc2)N2CCOCC2)cc1. The number of carbonyl (C=O) groups is 2. The number of amides is 1. The van der Waals surface area contributed by atoms with Gasteiger partial charge in [-0.1, -0.05) is 12.1 Å². The molecule has 1 amide bonds. The van der Waals surface area contributed by atoms with Crippen LogP contribution in [0.4, 0.5) is 0 Å². The highest BCUT2D eigenvalue weighted by atomic mass is 16.5. The molecule has 1 fully saturated rings. The minimum absolute atomic E-state index is 0.0306. The van der Waals surface area contributed by atoms with Crippen LogP contribution in [0.5, 0.6) is 5.75 Å². The van der Waals surface area contributed by atoms with Crippen molar-refractivity contribution in [1.82, 2.24) is 10.2 Å². The van der Waals surface area contributed by atoms with Crippen LogP contribution >= 0.6 is 0 Å². The van der Waals surface area contributed by atoms with Gasteiger partial charge in [0, 0.05) is 25.2 Å². The average molecular weight is 398 g/mol. The number of carbonyl (C=O) groups excluding carboxylic acids is 2. The molecule has 1 aliphatic rings. The van der Waals surface area contributed by atoms with E-state index in [4.69, 9.17) is 9.47 Å². The van der Waals surface area contributed by atoms with Crippen molar-refractivity contribution in [2.24, 2.45) is 0 Å². The summed E-state index contributed by atoms with van der Waals surface area (Å²) in [6.45, 7) is 3.43. The summed E-state index contributed by atoms with van der Waals surface area (Å²) in [5.74, 6) is 0.182. The summed E-state index contributed by atoms with van der Waals surface area (Å²) >= 11 is 0. The fourth-order valence-corrected chi connectivity index (χ4v) is 3.34. The van der Waals surface area contributed by atoms with E-state index >= 15 is 0 Å². The zero-order chi connectivity index (χ0) is 20.6. The Kier molecular flexibility index (Phi) is 7.21. The molecule has 0 spiro atoms. The van der Waals surface area contributed by atoms with Crippen LogP contribution in [0.2, 0.25) is 0 Å². The number of hydrogen-bond donors (Lipinski definition) is 1. The fraction of sp³-hybridized carbons (Fsp3) is 0.364. The Hall–Kier alpha value is -2.90. The van der Waals surface area contributed by atoms with Crippen molar-refractivity contribution in [3.63, 3.8) is 0 Å². The van der Waals surface area contributed by atoms with Crippen LogP contribution in [-0.2, 0) is 9.47 Å². The Labute approximate surface area is 170 Å². The molecule has 154 valence electrons. The van der Waals surface area contributed by atoms with E-state index in [1.54, 1.807) is 31.4 Å². The summed E-state index contributed by atoms with van der Waals surface area (Å²) in [6.07, 6.45) is 0. The largest absolute Gasteiger partial charge is 0.497 e. The minimum Gasteiger partial charge on any atom is -0.497 e. The van der Waals surface area contributed by atoms with Gasteiger partial charge in [0.25, 0.3) is 5.91 Å². The maximum Gasteiger partial charge on any atom is 0.337 e. The molecule has 1 aliphatic heterocycles. The summed E-state index contributed by atoms with van der Waals surface area (Å²) in [5, 5.41) is 3.02. The molecule has 2 aromatic rings. The van der Waals surface area contributed by atoms with Gasteiger partial charge in [-0.15, -0.1) is 0 Å². The van der Waals surface area contributed by atoms with E-state index in [0.717, 1.165) is 24.4 Å². The van der Waals surface area contributed by atoms with E-state index in [2.05, 4.69) is 15.0 Å². The molecule has 2 aromatic carbocycles. The van der Waals surface area contributed by atoms with E-state index in [-0.39, 0.29) is 11.9 Å². The van der Waals surface area contributed by atoms with Crippen molar-refractivity contribution in [3.05, 3.63) is 65.2 Å². The minimum atomic E-state index is -0.427. The maximum absolute atomic E-state index is 12.6. The summed E-state index contributed by atoms with van der Waals surface area (Å²) in [6, 6.07) is 14.4. The van der Waals surface area contributed by atoms with Crippen molar-refractivity contribution in [3.8, 4) is 5.75 Å². The summed E-state index contributed by atoms with van der Waals surface area (Å²) in [7, 11) is 2.97. The zero-order valence-corrected chi connectivity index (χ0v) is 16.7. The number of morpholine rings is 1. The van der Waals surface area contributed by atoms with Crippen molar-refractivity contribution in [2.45, 2.75) is 6.04 Å². The molecule has 1 heterocycles. The Morgan fingerprint density at radius 1 is 1.00 bits per heavy atom.